The number of ether oxygens (including phenoxy) is 1. The van der Waals surface area contributed by atoms with E-state index in [0.717, 1.165) is 10.9 Å². The van der Waals surface area contributed by atoms with Gasteiger partial charge in [0.25, 0.3) is 0 Å². The third kappa shape index (κ3) is 3.54. The Morgan fingerprint density at radius 3 is 2.84 bits per heavy atom. The number of anilines is 1. The lowest BCUT2D eigenvalue weighted by atomic mass is 10.2. The van der Waals surface area contributed by atoms with Crippen LogP contribution in [-0.4, -0.2) is 11.6 Å². The van der Waals surface area contributed by atoms with E-state index in [0.29, 0.717) is 17.6 Å². The van der Waals surface area contributed by atoms with E-state index in [2.05, 4.69) is 10.3 Å². The Labute approximate surface area is 118 Å². The van der Waals surface area contributed by atoms with E-state index >= 15 is 0 Å². The monoisotopic (exact) mass is 304 g/mol. The Bertz CT molecular complexity index is 577. The molecule has 0 radical (unpaired) electrons. The Morgan fingerprint density at radius 2 is 2.21 bits per heavy atom. The summed E-state index contributed by atoms with van der Waals surface area (Å²) < 4.78 is 32.4. The second kappa shape index (κ2) is 6.16. The first-order valence-corrected chi connectivity index (χ1v) is 6.75. The predicted octanol–water partition coefficient (Wildman–Crippen LogP) is 4.09. The molecule has 102 valence electrons. The lowest BCUT2D eigenvalue weighted by Gasteiger charge is -2.12. The van der Waals surface area contributed by atoms with Gasteiger partial charge in [-0.1, -0.05) is 11.6 Å². The average Bonchev–Trinajstić information content (AvgIpc) is 2.76. The van der Waals surface area contributed by atoms with Crippen LogP contribution in [0.2, 0.25) is 4.47 Å². The normalized spacial score (nSPS) is 10.5. The fourth-order valence-electron chi connectivity index (χ4n) is 1.53. The molecule has 0 saturated carbocycles. The number of benzene rings is 1. The van der Waals surface area contributed by atoms with Crippen LogP contribution in [0.25, 0.3) is 0 Å². The number of nitrogens with one attached hydrogen (secondary N) is 1. The van der Waals surface area contributed by atoms with Crippen molar-refractivity contribution in [2.24, 2.45) is 0 Å². The van der Waals surface area contributed by atoms with Gasteiger partial charge in [0, 0.05) is 23.2 Å². The van der Waals surface area contributed by atoms with Crippen LogP contribution in [0.15, 0.2) is 18.3 Å². The molecule has 0 unspecified atom stereocenters. The molecular weight excluding hydrogens is 294 g/mol. The summed E-state index contributed by atoms with van der Waals surface area (Å²) in [5.74, 6) is -1.38. The maximum absolute atomic E-state index is 13.6. The van der Waals surface area contributed by atoms with Crippen LogP contribution < -0.4 is 10.1 Å². The van der Waals surface area contributed by atoms with E-state index in [9.17, 15) is 8.78 Å². The van der Waals surface area contributed by atoms with Gasteiger partial charge < -0.3 is 10.1 Å². The van der Waals surface area contributed by atoms with Crippen molar-refractivity contribution in [2.45, 2.75) is 13.5 Å². The molecule has 19 heavy (non-hydrogen) atoms. The van der Waals surface area contributed by atoms with E-state index in [1.807, 2.05) is 0 Å². The lowest BCUT2D eigenvalue weighted by Crippen LogP contribution is -2.04. The van der Waals surface area contributed by atoms with Gasteiger partial charge in [-0.05, 0) is 6.92 Å². The highest BCUT2D eigenvalue weighted by Crippen LogP contribution is 2.30. The van der Waals surface area contributed by atoms with Gasteiger partial charge in [0.15, 0.2) is 16.0 Å². The molecule has 0 amide bonds. The van der Waals surface area contributed by atoms with E-state index < -0.39 is 11.6 Å². The molecule has 0 fully saturated rings. The molecule has 3 nitrogen and oxygen atoms in total. The molecule has 1 heterocycles. The Kier molecular flexibility index (Phi) is 4.55. The average molecular weight is 305 g/mol. The summed E-state index contributed by atoms with van der Waals surface area (Å²) in [5, 5.41) is 2.92. The summed E-state index contributed by atoms with van der Waals surface area (Å²) in [7, 11) is 0. The van der Waals surface area contributed by atoms with Gasteiger partial charge in [0.1, 0.15) is 5.82 Å². The van der Waals surface area contributed by atoms with Crippen molar-refractivity contribution in [3.8, 4) is 5.75 Å². The van der Waals surface area contributed by atoms with Crippen LogP contribution in [0, 0.1) is 11.6 Å². The highest BCUT2D eigenvalue weighted by Gasteiger charge is 2.12. The zero-order valence-corrected chi connectivity index (χ0v) is 11.6. The van der Waals surface area contributed by atoms with Gasteiger partial charge in [0.2, 0.25) is 0 Å². The summed E-state index contributed by atoms with van der Waals surface area (Å²) in [4.78, 5) is 4.75. The molecule has 1 aromatic carbocycles. The Morgan fingerprint density at radius 1 is 1.42 bits per heavy atom. The molecule has 0 bridgehead atoms. The Hall–Kier alpha value is -1.40. The topological polar surface area (TPSA) is 34.1 Å². The standard InChI is InChI=1S/C12H11ClF2N2OS/c1-2-18-11-9(15)3-7(14)4-10(11)16-5-8-6-17-12(13)19-8/h3-4,6,16H,2,5H2,1H3. The van der Waals surface area contributed by atoms with E-state index in [1.54, 1.807) is 13.1 Å². The summed E-state index contributed by atoms with van der Waals surface area (Å²) in [6.45, 7) is 2.40. The highest BCUT2D eigenvalue weighted by atomic mass is 35.5. The number of hydrogen-bond donors (Lipinski definition) is 1. The van der Waals surface area contributed by atoms with Crippen LogP contribution in [0.4, 0.5) is 14.5 Å². The second-order valence-electron chi connectivity index (χ2n) is 3.63. The van der Waals surface area contributed by atoms with Crippen LogP contribution in [-0.2, 0) is 6.54 Å². The fourth-order valence-corrected chi connectivity index (χ4v) is 2.45. The van der Waals surface area contributed by atoms with Gasteiger partial charge in [-0.25, -0.2) is 13.8 Å². The first kappa shape index (κ1) is 14.0. The third-order valence-electron chi connectivity index (χ3n) is 2.28. The molecule has 0 aliphatic heterocycles. The molecule has 7 heteroatoms. The molecule has 0 saturated heterocycles. The zero-order valence-electron chi connectivity index (χ0n) is 10.0. The first-order valence-electron chi connectivity index (χ1n) is 5.56. The first-order chi connectivity index (χ1) is 9.10. The maximum Gasteiger partial charge on any atom is 0.183 e. The predicted molar refractivity (Wildman–Crippen MR) is 72.0 cm³/mol. The van der Waals surface area contributed by atoms with Crippen molar-refractivity contribution < 1.29 is 13.5 Å². The van der Waals surface area contributed by atoms with Crippen molar-refractivity contribution in [3.05, 3.63) is 39.3 Å². The molecule has 0 aliphatic carbocycles. The second-order valence-corrected chi connectivity index (χ2v) is 5.33. The number of hydrogen-bond acceptors (Lipinski definition) is 4. The van der Waals surface area contributed by atoms with Gasteiger partial charge in [-0.15, -0.1) is 11.3 Å². The molecule has 1 N–H and O–H groups in total. The Balaban J connectivity index is 2.18. The molecule has 0 spiro atoms. The molecule has 0 atom stereocenters. The lowest BCUT2D eigenvalue weighted by molar-refractivity contribution is 0.322. The van der Waals surface area contributed by atoms with Gasteiger partial charge >= 0.3 is 0 Å². The highest BCUT2D eigenvalue weighted by molar-refractivity contribution is 7.15. The number of aromatic nitrogens is 1. The number of rotatable bonds is 5. The quantitative estimate of drug-likeness (QED) is 0.903. The summed E-state index contributed by atoms with van der Waals surface area (Å²) in [6, 6.07) is 1.98. The molecule has 2 rings (SSSR count). The summed E-state index contributed by atoms with van der Waals surface area (Å²) in [5.41, 5.74) is 0.267. The van der Waals surface area contributed by atoms with Crippen molar-refractivity contribution >= 4 is 28.6 Å². The van der Waals surface area contributed by atoms with Crippen LogP contribution >= 0.6 is 22.9 Å². The molecular formula is C12H11ClF2N2OS. The minimum atomic E-state index is -0.730. The van der Waals surface area contributed by atoms with Crippen molar-refractivity contribution in [1.82, 2.24) is 4.98 Å². The van der Waals surface area contributed by atoms with E-state index in [-0.39, 0.29) is 11.4 Å². The molecule has 2 aromatic rings. The van der Waals surface area contributed by atoms with Crippen LogP contribution in [0.3, 0.4) is 0 Å². The fraction of sp³-hybridized carbons (Fsp3) is 0.250. The largest absolute Gasteiger partial charge is 0.489 e. The SMILES string of the molecule is CCOc1c(F)cc(F)cc1NCc1cnc(Cl)s1. The van der Waals surface area contributed by atoms with Gasteiger partial charge in [-0.3, -0.25) is 0 Å². The maximum atomic E-state index is 13.6. The van der Waals surface area contributed by atoms with Gasteiger partial charge in [0.05, 0.1) is 18.8 Å². The third-order valence-corrected chi connectivity index (χ3v) is 3.39. The summed E-state index contributed by atoms with van der Waals surface area (Å²) >= 11 is 7.01. The van der Waals surface area contributed by atoms with Gasteiger partial charge in [-0.2, -0.15) is 0 Å². The van der Waals surface area contributed by atoms with E-state index in [1.165, 1.54) is 17.4 Å². The minimum Gasteiger partial charge on any atom is -0.489 e. The van der Waals surface area contributed by atoms with E-state index in [4.69, 9.17) is 16.3 Å². The van der Waals surface area contributed by atoms with Crippen molar-refractivity contribution in [1.29, 1.82) is 0 Å². The molecule has 0 aliphatic rings. The van der Waals surface area contributed by atoms with Crippen molar-refractivity contribution in [2.75, 3.05) is 11.9 Å². The minimum absolute atomic E-state index is 0.0134. The summed E-state index contributed by atoms with van der Waals surface area (Å²) in [6.07, 6.45) is 1.61. The number of nitrogens with zero attached hydrogens (tertiary/aromatic N) is 1. The molecule has 1 aromatic heterocycles. The zero-order chi connectivity index (χ0) is 13.8. The number of halogens is 3. The van der Waals surface area contributed by atoms with Crippen molar-refractivity contribution in [3.63, 3.8) is 0 Å². The smallest absolute Gasteiger partial charge is 0.183 e. The number of thiazole rings is 1. The van der Waals surface area contributed by atoms with Crippen LogP contribution in [0.1, 0.15) is 11.8 Å². The van der Waals surface area contributed by atoms with Crippen LogP contribution in [0.5, 0.6) is 5.75 Å².